The number of phenolic OH excluding ortho intramolecular Hbond substituents is 1. The summed E-state index contributed by atoms with van der Waals surface area (Å²) in [5.74, 6) is 0.140. The lowest BCUT2D eigenvalue weighted by Crippen LogP contribution is -2.14. The van der Waals surface area contributed by atoms with Crippen molar-refractivity contribution in [2.24, 2.45) is 0 Å². The number of rotatable bonds is 3. The lowest BCUT2D eigenvalue weighted by Gasteiger charge is -2.10. The Kier molecular flexibility index (Phi) is 4.03. The van der Waals surface area contributed by atoms with Gasteiger partial charge in [0, 0.05) is 5.56 Å². The summed E-state index contributed by atoms with van der Waals surface area (Å²) in [5.41, 5.74) is 2.07. The number of carbonyl (C=O) groups excluding carboxylic acids is 1. The van der Waals surface area contributed by atoms with Crippen LogP contribution in [0.15, 0.2) is 48.5 Å². The standard InChI is InChI=1S/C15H15NO3/c1-11-13(8-5-9-14(11)17)16-15(18)19-10-12-6-3-2-4-7-12/h2-9,17H,10H2,1H3,(H,16,18). The van der Waals surface area contributed by atoms with Gasteiger partial charge >= 0.3 is 6.09 Å². The van der Waals surface area contributed by atoms with E-state index in [1.54, 1.807) is 25.1 Å². The Labute approximate surface area is 111 Å². The van der Waals surface area contributed by atoms with Gasteiger partial charge in [0.05, 0.1) is 5.69 Å². The van der Waals surface area contributed by atoms with E-state index in [-0.39, 0.29) is 12.4 Å². The minimum absolute atomic E-state index is 0.140. The molecule has 0 fully saturated rings. The molecule has 0 aliphatic heterocycles. The molecule has 0 aliphatic rings. The smallest absolute Gasteiger partial charge is 0.411 e. The lowest BCUT2D eigenvalue weighted by molar-refractivity contribution is 0.155. The normalized spacial score (nSPS) is 9.95. The fourth-order valence-corrected chi connectivity index (χ4v) is 1.63. The topological polar surface area (TPSA) is 58.6 Å². The number of phenols is 1. The molecule has 0 saturated carbocycles. The van der Waals surface area contributed by atoms with Gasteiger partial charge in [0.25, 0.3) is 0 Å². The fraction of sp³-hybridized carbons (Fsp3) is 0.133. The summed E-state index contributed by atoms with van der Waals surface area (Å²) in [6.45, 7) is 1.94. The van der Waals surface area contributed by atoms with E-state index in [0.717, 1.165) is 5.56 Å². The molecule has 0 heterocycles. The summed E-state index contributed by atoms with van der Waals surface area (Å²) in [4.78, 5) is 11.6. The highest BCUT2D eigenvalue weighted by Gasteiger charge is 2.07. The van der Waals surface area contributed by atoms with Gasteiger partial charge in [-0.25, -0.2) is 4.79 Å². The Balaban J connectivity index is 1.93. The van der Waals surface area contributed by atoms with Crippen LogP contribution in [0.3, 0.4) is 0 Å². The SMILES string of the molecule is Cc1c(O)cccc1NC(=O)OCc1ccccc1. The Morgan fingerprint density at radius 3 is 2.63 bits per heavy atom. The number of ether oxygens (including phenoxy) is 1. The highest BCUT2D eigenvalue weighted by atomic mass is 16.5. The predicted octanol–water partition coefficient (Wildman–Crippen LogP) is 3.45. The number of hydrogen-bond donors (Lipinski definition) is 2. The summed E-state index contributed by atoms with van der Waals surface area (Å²) < 4.78 is 5.10. The first kappa shape index (κ1) is 13.0. The average molecular weight is 257 g/mol. The highest BCUT2D eigenvalue weighted by Crippen LogP contribution is 2.23. The van der Waals surface area contributed by atoms with Gasteiger partial charge in [-0.05, 0) is 24.6 Å². The second-order valence-corrected chi connectivity index (χ2v) is 4.14. The maximum atomic E-state index is 11.6. The molecule has 4 nitrogen and oxygen atoms in total. The van der Waals surface area contributed by atoms with Crippen molar-refractivity contribution in [3.8, 4) is 5.75 Å². The number of benzene rings is 2. The maximum Gasteiger partial charge on any atom is 0.411 e. The van der Waals surface area contributed by atoms with Gasteiger partial charge < -0.3 is 9.84 Å². The Morgan fingerprint density at radius 1 is 1.16 bits per heavy atom. The molecule has 4 heteroatoms. The van der Waals surface area contributed by atoms with E-state index in [0.29, 0.717) is 11.3 Å². The van der Waals surface area contributed by atoms with Crippen LogP contribution < -0.4 is 5.32 Å². The molecule has 0 spiro atoms. The van der Waals surface area contributed by atoms with Crippen molar-refractivity contribution in [2.45, 2.75) is 13.5 Å². The number of amides is 1. The summed E-state index contributed by atoms with van der Waals surface area (Å²) in [7, 11) is 0. The molecular weight excluding hydrogens is 242 g/mol. The number of aromatic hydroxyl groups is 1. The van der Waals surface area contributed by atoms with Crippen molar-refractivity contribution in [3.63, 3.8) is 0 Å². The van der Waals surface area contributed by atoms with Gasteiger partial charge in [0.2, 0.25) is 0 Å². The number of hydrogen-bond acceptors (Lipinski definition) is 3. The molecule has 0 bridgehead atoms. The molecule has 0 saturated heterocycles. The van der Waals surface area contributed by atoms with Gasteiger partial charge in [-0.15, -0.1) is 0 Å². The zero-order valence-corrected chi connectivity index (χ0v) is 10.6. The molecular formula is C15H15NO3. The monoisotopic (exact) mass is 257 g/mol. The van der Waals surface area contributed by atoms with Crippen LogP contribution in [0.1, 0.15) is 11.1 Å². The molecule has 0 aromatic heterocycles. The van der Waals surface area contributed by atoms with Gasteiger partial charge in [-0.2, -0.15) is 0 Å². The van der Waals surface area contributed by atoms with E-state index < -0.39 is 6.09 Å². The number of carbonyl (C=O) groups is 1. The molecule has 1 amide bonds. The van der Waals surface area contributed by atoms with Crippen LogP contribution in [-0.2, 0) is 11.3 Å². The van der Waals surface area contributed by atoms with Gasteiger partial charge in [0.1, 0.15) is 12.4 Å². The van der Waals surface area contributed by atoms with Gasteiger partial charge in [0.15, 0.2) is 0 Å². The van der Waals surface area contributed by atoms with E-state index >= 15 is 0 Å². The van der Waals surface area contributed by atoms with Crippen molar-refractivity contribution in [1.29, 1.82) is 0 Å². The van der Waals surface area contributed by atoms with Crippen molar-refractivity contribution in [1.82, 2.24) is 0 Å². The molecule has 2 N–H and O–H groups in total. The average Bonchev–Trinajstić information content (AvgIpc) is 2.43. The first-order valence-corrected chi connectivity index (χ1v) is 5.93. The summed E-state index contributed by atoms with van der Waals surface area (Å²) >= 11 is 0. The third-order valence-corrected chi connectivity index (χ3v) is 2.75. The van der Waals surface area contributed by atoms with Gasteiger partial charge in [-0.1, -0.05) is 36.4 Å². The Bertz CT molecular complexity index is 567. The highest BCUT2D eigenvalue weighted by molar-refractivity contribution is 5.86. The van der Waals surface area contributed by atoms with Gasteiger partial charge in [-0.3, -0.25) is 5.32 Å². The second-order valence-electron chi connectivity index (χ2n) is 4.14. The van der Waals surface area contributed by atoms with Crippen LogP contribution in [-0.4, -0.2) is 11.2 Å². The van der Waals surface area contributed by atoms with Crippen LogP contribution in [0, 0.1) is 6.92 Å². The molecule has 0 radical (unpaired) electrons. The molecule has 2 rings (SSSR count). The molecule has 0 atom stereocenters. The second kappa shape index (κ2) is 5.91. The summed E-state index contributed by atoms with van der Waals surface area (Å²) in [6.07, 6.45) is -0.544. The predicted molar refractivity (Wildman–Crippen MR) is 73.1 cm³/mol. The van der Waals surface area contributed by atoms with Crippen LogP contribution in [0.4, 0.5) is 10.5 Å². The largest absolute Gasteiger partial charge is 0.508 e. The van der Waals surface area contributed by atoms with Crippen LogP contribution in [0.25, 0.3) is 0 Å². The number of nitrogens with one attached hydrogen (secondary N) is 1. The lowest BCUT2D eigenvalue weighted by atomic mass is 10.2. The zero-order chi connectivity index (χ0) is 13.7. The van der Waals surface area contributed by atoms with Crippen molar-refractivity contribution < 1.29 is 14.6 Å². The third-order valence-electron chi connectivity index (χ3n) is 2.75. The minimum atomic E-state index is -0.544. The Hall–Kier alpha value is -2.49. The number of anilines is 1. The third kappa shape index (κ3) is 3.48. The molecule has 2 aromatic carbocycles. The molecule has 0 unspecified atom stereocenters. The van der Waals surface area contributed by atoms with E-state index in [1.807, 2.05) is 30.3 Å². The van der Waals surface area contributed by atoms with E-state index in [4.69, 9.17) is 4.74 Å². The van der Waals surface area contributed by atoms with Crippen LogP contribution >= 0.6 is 0 Å². The summed E-state index contributed by atoms with van der Waals surface area (Å²) in [6, 6.07) is 14.4. The molecule has 0 aliphatic carbocycles. The van der Waals surface area contributed by atoms with Crippen LogP contribution in [0.5, 0.6) is 5.75 Å². The molecule has 2 aromatic rings. The van der Waals surface area contributed by atoms with Crippen molar-refractivity contribution >= 4 is 11.8 Å². The van der Waals surface area contributed by atoms with Crippen molar-refractivity contribution in [2.75, 3.05) is 5.32 Å². The maximum absolute atomic E-state index is 11.6. The van der Waals surface area contributed by atoms with Crippen molar-refractivity contribution in [3.05, 3.63) is 59.7 Å². The fourth-order valence-electron chi connectivity index (χ4n) is 1.63. The molecule has 98 valence electrons. The van der Waals surface area contributed by atoms with Crippen LogP contribution in [0.2, 0.25) is 0 Å². The zero-order valence-electron chi connectivity index (χ0n) is 10.6. The van der Waals surface area contributed by atoms with E-state index in [9.17, 15) is 9.90 Å². The first-order chi connectivity index (χ1) is 9.16. The minimum Gasteiger partial charge on any atom is -0.508 e. The summed E-state index contributed by atoms with van der Waals surface area (Å²) in [5, 5.41) is 12.1. The van der Waals surface area contributed by atoms with E-state index in [2.05, 4.69) is 5.32 Å². The quantitative estimate of drug-likeness (QED) is 0.885. The Morgan fingerprint density at radius 2 is 1.89 bits per heavy atom. The molecule has 19 heavy (non-hydrogen) atoms. The van der Waals surface area contributed by atoms with E-state index in [1.165, 1.54) is 0 Å². The first-order valence-electron chi connectivity index (χ1n) is 5.93.